The van der Waals surface area contributed by atoms with Crippen molar-refractivity contribution in [1.82, 2.24) is 9.80 Å². The van der Waals surface area contributed by atoms with Gasteiger partial charge in [0.05, 0.1) is 13.2 Å². The Morgan fingerprint density at radius 1 is 0.867 bits per heavy atom. The van der Waals surface area contributed by atoms with Crippen LogP contribution < -0.4 is 4.74 Å². The maximum Gasteiger partial charge on any atom is 0.254 e. The number of rotatable bonds is 5. The lowest BCUT2D eigenvalue weighted by atomic mass is 9.96. The van der Waals surface area contributed by atoms with Crippen LogP contribution in [0.25, 0.3) is 0 Å². The average Bonchev–Trinajstić information content (AvgIpc) is 2.81. The second-order valence-electron chi connectivity index (χ2n) is 7.42. The second kappa shape index (κ2) is 9.33. The summed E-state index contributed by atoms with van der Waals surface area (Å²) >= 11 is 6.12. The highest BCUT2D eigenvalue weighted by atomic mass is 35.5. The molecule has 0 aliphatic carbocycles. The summed E-state index contributed by atoms with van der Waals surface area (Å²) in [6.07, 6.45) is 0. The van der Waals surface area contributed by atoms with E-state index in [4.69, 9.17) is 16.3 Å². The van der Waals surface area contributed by atoms with E-state index >= 15 is 0 Å². The van der Waals surface area contributed by atoms with Crippen LogP contribution in [-0.2, 0) is 0 Å². The maximum absolute atomic E-state index is 13.0. The molecule has 1 aliphatic heterocycles. The lowest BCUT2D eigenvalue weighted by Gasteiger charge is -2.39. The smallest absolute Gasteiger partial charge is 0.254 e. The molecule has 0 unspecified atom stereocenters. The van der Waals surface area contributed by atoms with Gasteiger partial charge in [-0.05, 0) is 41.5 Å². The van der Waals surface area contributed by atoms with E-state index in [1.54, 1.807) is 13.2 Å². The number of amides is 1. The molecule has 4 nitrogen and oxygen atoms in total. The van der Waals surface area contributed by atoms with Crippen molar-refractivity contribution in [2.24, 2.45) is 0 Å². The SMILES string of the molecule is COc1cccc(C(=O)N2CCN([C@@H](c3ccccc3)c3ccc(Cl)cc3)CC2)c1. The molecule has 0 N–H and O–H groups in total. The minimum atomic E-state index is 0.0521. The van der Waals surface area contributed by atoms with Crippen LogP contribution in [0.15, 0.2) is 78.9 Å². The number of halogens is 1. The summed E-state index contributed by atoms with van der Waals surface area (Å²) in [6.45, 7) is 2.98. The van der Waals surface area contributed by atoms with Crippen LogP contribution in [-0.4, -0.2) is 49.0 Å². The Morgan fingerprint density at radius 3 is 2.20 bits per heavy atom. The molecule has 3 aromatic carbocycles. The standard InChI is InChI=1S/C25H25ClN2O2/c1-30-23-9-5-8-21(18-23)25(29)28-16-14-27(15-17-28)24(19-6-3-2-4-7-19)20-10-12-22(26)13-11-20/h2-13,18,24H,14-17H2,1H3/t24-/m0/s1. The number of benzene rings is 3. The first-order chi connectivity index (χ1) is 14.7. The normalized spacial score (nSPS) is 15.6. The number of nitrogens with zero attached hydrogens (tertiary/aromatic N) is 2. The molecule has 0 aromatic heterocycles. The van der Waals surface area contributed by atoms with Gasteiger partial charge >= 0.3 is 0 Å². The number of piperazine rings is 1. The van der Waals surface area contributed by atoms with Gasteiger partial charge in [0, 0.05) is 36.8 Å². The summed E-state index contributed by atoms with van der Waals surface area (Å²) in [7, 11) is 1.61. The molecule has 1 saturated heterocycles. The van der Waals surface area contributed by atoms with Crippen molar-refractivity contribution in [2.45, 2.75) is 6.04 Å². The highest BCUT2D eigenvalue weighted by Crippen LogP contribution is 2.30. The largest absolute Gasteiger partial charge is 0.497 e. The van der Waals surface area contributed by atoms with Crippen molar-refractivity contribution in [1.29, 1.82) is 0 Å². The minimum absolute atomic E-state index is 0.0521. The molecular weight excluding hydrogens is 396 g/mol. The van der Waals surface area contributed by atoms with Gasteiger partial charge in [-0.2, -0.15) is 0 Å². The molecule has 1 fully saturated rings. The third-order valence-corrected chi connectivity index (χ3v) is 5.84. The van der Waals surface area contributed by atoms with Gasteiger partial charge in [0.15, 0.2) is 0 Å². The van der Waals surface area contributed by atoms with E-state index in [0.29, 0.717) is 24.4 Å². The summed E-state index contributed by atoms with van der Waals surface area (Å²) in [4.78, 5) is 17.3. The number of ether oxygens (including phenoxy) is 1. The third kappa shape index (κ3) is 4.50. The zero-order valence-corrected chi connectivity index (χ0v) is 17.8. The minimum Gasteiger partial charge on any atom is -0.497 e. The first-order valence-electron chi connectivity index (χ1n) is 10.1. The summed E-state index contributed by atoms with van der Waals surface area (Å²) in [5, 5.41) is 0.735. The van der Waals surface area contributed by atoms with Gasteiger partial charge in [0.1, 0.15) is 5.75 Å². The van der Waals surface area contributed by atoms with Crippen molar-refractivity contribution >= 4 is 17.5 Å². The highest BCUT2D eigenvalue weighted by molar-refractivity contribution is 6.30. The fourth-order valence-corrected chi connectivity index (χ4v) is 4.14. The van der Waals surface area contributed by atoms with E-state index in [0.717, 1.165) is 18.1 Å². The van der Waals surface area contributed by atoms with Gasteiger partial charge in [-0.15, -0.1) is 0 Å². The molecule has 0 saturated carbocycles. The van der Waals surface area contributed by atoms with Crippen LogP contribution in [0.2, 0.25) is 5.02 Å². The lowest BCUT2D eigenvalue weighted by Crippen LogP contribution is -2.49. The Kier molecular flexibility index (Phi) is 6.36. The summed E-state index contributed by atoms with van der Waals surface area (Å²) in [5.41, 5.74) is 3.12. The van der Waals surface area contributed by atoms with Gasteiger partial charge in [0.25, 0.3) is 5.91 Å². The molecule has 154 valence electrons. The van der Waals surface area contributed by atoms with Crippen LogP contribution in [0, 0.1) is 0 Å². The Hall–Kier alpha value is -2.82. The molecule has 1 amide bonds. The Bertz CT molecular complexity index is 984. The van der Waals surface area contributed by atoms with E-state index in [-0.39, 0.29) is 11.9 Å². The Labute approximate surface area is 182 Å². The molecule has 5 heteroatoms. The van der Waals surface area contributed by atoms with Gasteiger partial charge in [0.2, 0.25) is 0 Å². The molecule has 1 aliphatic rings. The van der Waals surface area contributed by atoms with Crippen LogP contribution in [0.1, 0.15) is 27.5 Å². The Morgan fingerprint density at radius 2 is 1.53 bits per heavy atom. The number of methoxy groups -OCH3 is 1. The molecule has 3 aromatic rings. The van der Waals surface area contributed by atoms with Crippen molar-refractivity contribution < 1.29 is 9.53 Å². The topological polar surface area (TPSA) is 32.8 Å². The predicted octanol–water partition coefficient (Wildman–Crippen LogP) is 4.90. The van der Waals surface area contributed by atoms with E-state index in [1.807, 2.05) is 41.3 Å². The number of carbonyl (C=O) groups is 1. The summed E-state index contributed by atoms with van der Waals surface area (Å²) < 4.78 is 5.26. The van der Waals surface area contributed by atoms with Crippen molar-refractivity contribution in [3.63, 3.8) is 0 Å². The molecule has 0 spiro atoms. The molecule has 0 radical (unpaired) electrons. The van der Waals surface area contributed by atoms with Crippen molar-refractivity contribution in [3.05, 3.63) is 101 Å². The second-order valence-corrected chi connectivity index (χ2v) is 7.86. The lowest BCUT2D eigenvalue weighted by molar-refractivity contribution is 0.0597. The molecule has 0 bridgehead atoms. The number of hydrogen-bond donors (Lipinski definition) is 0. The average molecular weight is 421 g/mol. The van der Waals surface area contributed by atoms with Gasteiger partial charge in [-0.3, -0.25) is 9.69 Å². The van der Waals surface area contributed by atoms with Crippen LogP contribution >= 0.6 is 11.6 Å². The number of carbonyl (C=O) groups excluding carboxylic acids is 1. The van der Waals surface area contributed by atoms with Crippen molar-refractivity contribution in [2.75, 3.05) is 33.3 Å². The van der Waals surface area contributed by atoms with Crippen LogP contribution in [0.3, 0.4) is 0 Å². The van der Waals surface area contributed by atoms with Crippen molar-refractivity contribution in [3.8, 4) is 5.75 Å². The fourth-order valence-electron chi connectivity index (χ4n) is 4.02. The third-order valence-electron chi connectivity index (χ3n) is 5.58. The Balaban J connectivity index is 1.51. The summed E-state index contributed by atoms with van der Waals surface area (Å²) in [6, 6.07) is 26.0. The molecule has 1 atom stereocenters. The first-order valence-corrected chi connectivity index (χ1v) is 10.5. The first kappa shape index (κ1) is 20.5. The molecule has 1 heterocycles. The maximum atomic E-state index is 13.0. The van der Waals surface area contributed by atoms with Crippen LogP contribution in [0.5, 0.6) is 5.75 Å². The van der Waals surface area contributed by atoms with E-state index in [1.165, 1.54) is 11.1 Å². The van der Waals surface area contributed by atoms with E-state index < -0.39 is 0 Å². The number of hydrogen-bond acceptors (Lipinski definition) is 3. The molecular formula is C25H25ClN2O2. The summed E-state index contributed by atoms with van der Waals surface area (Å²) in [5.74, 6) is 0.752. The van der Waals surface area contributed by atoms with E-state index in [9.17, 15) is 4.79 Å². The predicted molar refractivity (Wildman–Crippen MR) is 120 cm³/mol. The fraction of sp³-hybridized carbons (Fsp3) is 0.240. The molecule has 4 rings (SSSR count). The zero-order chi connectivity index (χ0) is 20.9. The zero-order valence-electron chi connectivity index (χ0n) is 17.0. The molecule has 30 heavy (non-hydrogen) atoms. The van der Waals surface area contributed by atoms with Gasteiger partial charge < -0.3 is 9.64 Å². The van der Waals surface area contributed by atoms with Gasteiger partial charge in [-0.1, -0.05) is 60.1 Å². The monoisotopic (exact) mass is 420 g/mol. The highest BCUT2D eigenvalue weighted by Gasteiger charge is 2.28. The van der Waals surface area contributed by atoms with Crippen LogP contribution in [0.4, 0.5) is 0 Å². The van der Waals surface area contributed by atoms with Gasteiger partial charge in [-0.25, -0.2) is 0 Å². The van der Waals surface area contributed by atoms with E-state index in [2.05, 4.69) is 41.3 Å². The quantitative estimate of drug-likeness (QED) is 0.588.